The van der Waals surface area contributed by atoms with Crippen molar-refractivity contribution in [2.24, 2.45) is 0 Å². The minimum atomic E-state index is -0.0149. The number of fused-ring (bicyclic) bond motifs is 12. The Labute approximate surface area is 440 Å². The van der Waals surface area contributed by atoms with Crippen LogP contribution in [0.4, 0.5) is 11.4 Å². The van der Waals surface area contributed by atoms with Crippen molar-refractivity contribution in [2.45, 2.75) is 12.0 Å². The summed E-state index contributed by atoms with van der Waals surface area (Å²) in [5.74, 6) is 0.0277. The summed E-state index contributed by atoms with van der Waals surface area (Å²) < 4.78 is 7.50. The van der Waals surface area contributed by atoms with Crippen LogP contribution in [0.15, 0.2) is 279 Å². The van der Waals surface area contributed by atoms with Crippen LogP contribution in [-0.4, -0.2) is 19.7 Å². The van der Waals surface area contributed by atoms with Gasteiger partial charge in [-0.25, -0.2) is 0 Å². The zero-order valence-electron chi connectivity index (χ0n) is 41.5. The Bertz CT molecular complexity index is 4580. The van der Waals surface area contributed by atoms with Gasteiger partial charge in [-0.1, -0.05) is 200 Å². The summed E-state index contributed by atoms with van der Waals surface area (Å²) in [7, 11) is 0. The van der Waals surface area contributed by atoms with Crippen molar-refractivity contribution in [3.8, 4) is 39.3 Å². The molecule has 0 amide bonds. The lowest BCUT2D eigenvalue weighted by atomic mass is 9.86. The zero-order valence-corrected chi connectivity index (χ0v) is 41.5. The molecule has 4 heterocycles. The van der Waals surface area contributed by atoms with E-state index >= 15 is 0 Å². The normalized spacial score (nSPS) is 15.1. The number of para-hydroxylation sites is 4. The van der Waals surface area contributed by atoms with Gasteiger partial charge in [0.1, 0.15) is 0 Å². The quantitative estimate of drug-likeness (QED) is 0.156. The lowest BCUT2D eigenvalue weighted by molar-refractivity contribution is 0.747. The van der Waals surface area contributed by atoms with Gasteiger partial charge in [0.25, 0.3) is 0 Å². The molecule has 14 aromatic rings. The third kappa shape index (κ3) is 6.44. The molecule has 0 radical (unpaired) electrons. The van der Waals surface area contributed by atoms with Gasteiger partial charge >= 0.3 is 0 Å². The molecule has 4 heteroatoms. The minimum Gasteiger partial charge on any atom is -0.332 e. The largest absolute Gasteiger partial charge is 0.332 e. The predicted octanol–water partition coefficient (Wildman–Crippen LogP) is 18.6. The fraction of sp³-hybridized carbons (Fsp3) is 0.0278. The lowest BCUT2D eigenvalue weighted by Crippen LogP contribution is -2.29. The van der Waals surface area contributed by atoms with Crippen LogP contribution < -0.4 is 4.90 Å². The van der Waals surface area contributed by atoms with Crippen LogP contribution in [0, 0.1) is 0 Å². The second kappa shape index (κ2) is 16.8. The maximum Gasteiger partial charge on any atom is 0.0723 e. The van der Waals surface area contributed by atoms with Crippen LogP contribution >= 0.6 is 0 Å². The van der Waals surface area contributed by atoms with E-state index in [1.807, 2.05) is 0 Å². The first kappa shape index (κ1) is 42.6. The Morgan fingerprint density at radius 2 is 0.724 bits per heavy atom. The molecule has 4 nitrogen and oxygen atoms in total. The summed E-state index contributed by atoms with van der Waals surface area (Å²) in [4.78, 5) is 2.67. The van der Waals surface area contributed by atoms with Crippen molar-refractivity contribution in [2.75, 3.05) is 4.90 Å². The molecule has 0 fully saturated rings. The van der Waals surface area contributed by atoms with Gasteiger partial charge in [0.15, 0.2) is 0 Å². The molecular weight excluding hydrogens is 921 g/mol. The van der Waals surface area contributed by atoms with Gasteiger partial charge in [-0.3, -0.25) is 0 Å². The summed E-state index contributed by atoms with van der Waals surface area (Å²) in [5, 5.41) is 7.40. The van der Waals surface area contributed by atoms with E-state index in [0.717, 1.165) is 22.7 Å². The Kier molecular flexibility index (Phi) is 9.43. The van der Waals surface area contributed by atoms with Gasteiger partial charge in [0, 0.05) is 55.3 Å². The van der Waals surface area contributed by atoms with Crippen LogP contribution in [0.1, 0.15) is 17.0 Å². The van der Waals surface area contributed by atoms with Crippen LogP contribution in [-0.2, 0) is 0 Å². The van der Waals surface area contributed by atoms with Crippen LogP contribution in [0.5, 0.6) is 0 Å². The molecule has 11 aromatic carbocycles. The molecule has 0 spiro atoms. The molecule has 1 aliphatic heterocycles. The summed E-state index contributed by atoms with van der Waals surface area (Å²) in [5.41, 5.74) is 21.4. The lowest BCUT2D eigenvalue weighted by Gasteiger charge is -2.31. The SMILES string of the molecule is C1=CC2C(C=C1c1ccccc1)c1cc(-n3c4ccccc4c4ccccc43)cc(-n3c4ccccc4c4ccccc43)c1N2c1ccc2c(c1)c1cc(-c3ccccc3)ccc1n2-c1ccc(-c2ccccc2)cc1. The standard InChI is InChI=1S/C72H48N4/c1-4-18-47(19-5-1)50-32-36-53(37-33-50)73-68-39-34-51(48-20-6-2-7-21-48)42-60(68)62-44-54(38-41-69(62)73)75-70-40-35-52(49-22-8-3-9-23-49)43-61(70)63-45-55(74-64-28-14-10-24-56(64)57-25-11-15-29-65(57)74)46-71(72(63)75)76-66-30-16-12-26-58(66)59-27-13-17-31-67(59)76/h1-46,61,70H. The monoisotopic (exact) mass is 968 g/mol. The molecule has 1 aliphatic carbocycles. The predicted molar refractivity (Wildman–Crippen MR) is 319 cm³/mol. The third-order valence-electron chi connectivity index (χ3n) is 16.3. The average Bonchev–Trinajstić information content (AvgIpc) is 4.43. The molecule has 0 saturated carbocycles. The van der Waals surface area contributed by atoms with Gasteiger partial charge in [-0.15, -0.1) is 0 Å². The maximum atomic E-state index is 2.67. The third-order valence-corrected chi connectivity index (χ3v) is 16.3. The van der Waals surface area contributed by atoms with Crippen molar-refractivity contribution in [3.63, 3.8) is 0 Å². The number of rotatable bonds is 7. The van der Waals surface area contributed by atoms with Crippen molar-refractivity contribution >= 4 is 82.4 Å². The first-order valence-corrected chi connectivity index (χ1v) is 26.4. The second-order valence-corrected chi connectivity index (χ2v) is 20.4. The molecule has 3 aromatic heterocycles. The summed E-state index contributed by atoms with van der Waals surface area (Å²) in [6.45, 7) is 0. The molecule has 2 aliphatic rings. The van der Waals surface area contributed by atoms with E-state index in [4.69, 9.17) is 0 Å². The van der Waals surface area contributed by atoms with Gasteiger partial charge in [0.2, 0.25) is 0 Å². The molecule has 2 unspecified atom stereocenters. The summed E-state index contributed by atoms with van der Waals surface area (Å²) >= 11 is 0. The van der Waals surface area contributed by atoms with Gasteiger partial charge in [-0.05, 0) is 118 Å². The Hall–Kier alpha value is -9.90. The topological polar surface area (TPSA) is 18.0 Å². The summed E-state index contributed by atoms with van der Waals surface area (Å²) in [6, 6.07) is 96.2. The number of nitrogens with zero attached hydrogens (tertiary/aromatic N) is 4. The molecule has 0 bridgehead atoms. The highest BCUT2D eigenvalue weighted by atomic mass is 15.2. The van der Waals surface area contributed by atoms with Crippen LogP contribution in [0.2, 0.25) is 0 Å². The van der Waals surface area contributed by atoms with E-state index in [0.29, 0.717) is 0 Å². The molecule has 0 N–H and O–H groups in total. The Morgan fingerprint density at radius 3 is 1.32 bits per heavy atom. The molecule has 356 valence electrons. The van der Waals surface area contributed by atoms with E-state index in [1.165, 1.54) is 110 Å². The van der Waals surface area contributed by atoms with Gasteiger partial charge in [-0.2, -0.15) is 0 Å². The minimum absolute atomic E-state index is 0.0149. The number of anilines is 2. The highest BCUT2D eigenvalue weighted by molar-refractivity contribution is 6.14. The zero-order chi connectivity index (χ0) is 49.8. The van der Waals surface area contributed by atoms with E-state index < -0.39 is 0 Å². The molecule has 16 rings (SSSR count). The van der Waals surface area contributed by atoms with Crippen molar-refractivity contribution in [1.82, 2.24) is 13.7 Å². The van der Waals surface area contributed by atoms with E-state index in [-0.39, 0.29) is 12.0 Å². The van der Waals surface area contributed by atoms with E-state index in [2.05, 4.69) is 298 Å². The first-order valence-electron chi connectivity index (χ1n) is 26.4. The smallest absolute Gasteiger partial charge is 0.0723 e. The van der Waals surface area contributed by atoms with Gasteiger partial charge in [0.05, 0.1) is 50.5 Å². The molecule has 0 saturated heterocycles. The summed E-state index contributed by atoms with van der Waals surface area (Å²) in [6.07, 6.45) is 7.37. The molecular formula is C72H48N4. The van der Waals surface area contributed by atoms with Crippen molar-refractivity contribution < 1.29 is 0 Å². The average molecular weight is 969 g/mol. The molecule has 2 atom stereocenters. The Balaban J connectivity index is 0.987. The van der Waals surface area contributed by atoms with Gasteiger partial charge < -0.3 is 18.6 Å². The second-order valence-electron chi connectivity index (χ2n) is 20.4. The van der Waals surface area contributed by atoms with E-state index in [9.17, 15) is 0 Å². The number of hydrogen-bond donors (Lipinski definition) is 0. The van der Waals surface area contributed by atoms with E-state index in [1.54, 1.807) is 0 Å². The first-order chi connectivity index (χ1) is 37.7. The number of hydrogen-bond acceptors (Lipinski definition) is 1. The fourth-order valence-electron chi connectivity index (χ4n) is 13.0. The fourth-order valence-corrected chi connectivity index (χ4v) is 13.0. The number of aromatic nitrogens is 3. The Morgan fingerprint density at radius 1 is 0.289 bits per heavy atom. The molecule has 76 heavy (non-hydrogen) atoms. The number of allylic oxidation sites excluding steroid dienone is 2. The van der Waals surface area contributed by atoms with Crippen molar-refractivity contribution in [1.29, 1.82) is 0 Å². The number of benzene rings is 11. The van der Waals surface area contributed by atoms with Crippen LogP contribution in [0.25, 0.3) is 110 Å². The highest BCUT2D eigenvalue weighted by Gasteiger charge is 2.42. The maximum absolute atomic E-state index is 2.67. The van der Waals surface area contributed by atoms with Crippen molar-refractivity contribution in [3.05, 3.63) is 290 Å². The highest BCUT2D eigenvalue weighted by Crippen LogP contribution is 2.55. The van der Waals surface area contributed by atoms with Crippen LogP contribution in [0.3, 0.4) is 0 Å².